The van der Waals surface area contributed by atoms with Crippen LogP contribution in [-0.2, 0) is 4.74 Å². The summed E-state index contributed by atoms with van der Waals surface area (Å²) < 4.78 is 5.05. The maximum atomic E-state index is 5.05. The van der Waals surface area contributed by atoms with E-state index in [0.29, 0.717) is 0 Å². The Morgan fingerprint density at radius 2 is 2.50 bits per heavy atom. The third-order valence-corrected chi connectivity index (χ3v) is 1.86. The van der Waals surface area contributed by atoms with Crippen LogP contribution in [0.3, 0.4) is 0 Å². The highest BCUT2D eigenvalue weighted by Crippen LogP contribution is 2.13. The van der Waals surface area contributed by atoms with Gasteiger partial charge in [-0.1, -0.05) is 6.08 Å². The van der Waals surface area contributed by atoms with E-state index in [1.807, 2.05) is 0 Å². The largest absolute Gasteiger partial charge is 0.379 e. The molecule has 0 unspecified atom stereocenters. The molecular weight excluding hydrogens is 126 g/mol. The number of likely N-dealkylation sites (N-methyl/N-ethyl adjacent to an activating group) is 1. The molecule has 0 amide bonds. The second-order valence-electron chi connectivity index (χ2n) is 2.50. The molecule has 0 fully saturated rings. The Kier molecular flexibility index (Phi) is 2.75. The van der Waals surface area contributed by atoms with Crippen molar-refractivity contribution in [1.29, 1.82) is 0 Å². The monoisotopic (exact) mass is 141 g/mol. The van der Waals surface area contributed by atoms with Crippen molar-refractivity contribution in [3.63, 3.8) is 0 Å². The molecule has 1 heterocycles. The molecule has 1 aliphatic heterocycles. The Morgan fingerprint density at radius 1 is 1.70 bits per heavy atom. The average Bonchev–Trinajstić information content (AvgIpc) is 2.36. The smallest absolute Gasteiger partial charge is 0.0857 e. The first-order chi connectivity index (χ1) is 4.88. The molecule has 1 aliphatic rings. The third-order valence-electron chi connectivity index (χ3n) is 1.86. The van der Waals surface area contributed by atoms with E-state index in [-0.39, 0.29) is 0 Å². The molecule has 58 valence electrons. The number of hydrogen-bond donors (Lipinski definition) is 0. The van der Waals surface area contributed by atoms with Crippen LogP contribution in [0.4, 0.5) is 0 Å². The lowest BCUT2D eigenvalue weighted by Crippen LogP contribution is -2.21. The van der Waals surface area contributed by atoms with Gasteiger partial charge in [0.1, 0.15) is 0 Å². The summed E-state index contributed by atoms with van der Waals surface area (Å²) >= 11 is 0. The lowest BCUT2D eigenvalue weighted by atomic mass is 10.4. The van der Waals surface area contributed by atoms with Crippen LogP contribution in [0.2, 0.25) is 0 Å². The summed E-state index contributed by atoms with van der Waals surface area (Å²) in [6.07, 6.45) is 3.44. The normalized spacial score (nSPS) is 17.8. The van der Waals surface area contributed by atoms with Gasteiger partial charge >= 0.3 is 0 Å². The minimum absolute atomic E-state index is 0.772. The van der Waals surface area contributed by atoms with Crippen molar-refractivity contribution in [2.24, 2.45) is 0 Å². The van der Waals surface area contributed by atoms with Gasteiger partial charge in [0.05, 0.1) is 6.61 Å². The second-order valence-corrected chi connectivity index (χ2v) is 2.50. The molecule has 0 atom stereocenters. The standard InChI is InChI=1S/C8H15NO/c1-3-9-6-4-5-8(9)7-10-2/h5H,3-4,6-7H2,1-2H3. The summed E-state index contributed by atoms with van der Waals surface area (Å²) in [6, 6.07) is 0. The van der Waals surface area contributed by atoms with E-state index in [1.54, 1.807) is 7.11 Å². The van der Waals surface area contributed by atoms with Gasteiger partial charge in [-0.2, -0.15) is 0 Å². The Morgan fingerprint density at radius 3 is 3.10 bits per heavy atom. The molecule has 0 saturated carbocycles. The van der Waals surface area contributed by atoms with Gasteiger partial charge in [0.2, 0.25) is 0 Å². The SMILES string of the molecule is CCN1CCC=C1COC. The molecule has 0 radical (unpaired) electrons. The molecule has 0 aromatic heterocycles. The molecule has 2 heteroatoms. The fraction of sp³-hybridized carbons (Fsp3) is 0.750. The Balaban J connectivity index is 2.40. The molecule has 0 aromatic rings. The summed E-state index contributed by atoms with van der Waals surface area (Å²) in [5.74, 6) is 0. The highest BCUT2D eigenvalue weighted by molar-refractivity contribution is 5.07. The highest BCUT2D eigenvalue weighted by Gasteiger charge is 2.11. The van der Waals surface area contributed by atoms with E-state index in [2.05, 4.69) is 17.9 Å². The zero-order valence-corrected chi connectivity index (χ0v) is 6.76. The van der Waals surface area contributed by atoms with E-state index < -0.39 is 0 Å². The summed E-state index contributed by atoms with van der Waals surface area (Å²) in [5, 5.41) is 0. The Bertz CT molecular complexity index is 131. The third kappa shape index (κ3) is 1.51. The Labute approximate surface area is 62.5 Å². The van der Waals surface area contributed by atoms with E-state index >= 15 is 0 Å². The maximum Gasteiger partial charge on any atom is 0.0857 e. The van der Waals surface area contributed by atoms with Crippen molar-refractivity contribution in [2.45, 2.75) is 13.3 Å². The van der Waals surface area contributed by atoms with Gasteiger partial charge in [0.15, 0.2) is 0 Å². The molecule has 0 N–H and O–H groups in total. The van der Waals surface area contributed by atoms with Gasteiger partial charge in [-0.05, 0) is 13.3 Å². The molecular formula is C8H15NO. The van der Waals surface area contributed by atoms with E-state index in [0.717, 1.165) is 13.2 Å². The van der Waals surface area contributed by atoms with E-state index in [1.165, 1.54) is 18.7 Å². The predicted octanol–water partition coefficient (Wildman–Crippen LogP) is 1.24. The van der Waals surface area contributed by atoms with Crippen LogP contribution in [0.1, 0.15) is 13.3 Å². The number of rotatable bonds is 3. The molecule has 2 nitrogen and oxygen atoms in total. The van der Waals surface area contributed by atoms with Crippen molar-refractivity contribution in [3.8, 4) is 0 Å². The number of methoxy groups -OCH3 is 1. The van der Waals surface area contributed by atoms with Crippen molar-refractivity contribution in [1.82, 2.24) is 4.90 Å². The summed E-state index contributed by atoms with van der Waals surface area (Å²) in [4.78, 5) is 2.35. The van der Waals surface area contributed by atoms with Crippen molar-refractivity contribution in [2.75, 3.05) is 26.8 Å². The van der Waals surface area contributed by atoms with Crippen LogP contribution in [0.25, 0.3) is 0 Å². The van der Waals surface area contributed by atoms with Crippen molar-refractivity contribution >= 4 is 0 Å². The van der Waals surface area contributed by atoms with Gasteiger partial charge in [-0.15, -0.1) is 0 Å². The van der Waals surface area contributed by atoms with Crippen LogP contribution < -0.4 is 0 Å². The van der Waals surface area contributed by atoms with Crippen LogP contribution >= 0.6 is 0 Å². The molecule has 1 rings (SSSR count). The summed E-state index contributed by atoms with van der Waals surface area (Å²) in [6.45, 7) is 5.23. The number of nitrogens with zero attached hydrogens (tertiary/aromatic N) is 1. The van der Waals surface area contributed by atoms with E-state index in [4.69, 9.17) is 4.74 Å². The molecule has 0 spiro atoms. The zero-order chi connectivity index (χ0) is 7.40. The second kappa shape index (κ2) is 3.62. The first-order valence-electron chi connectivity index (χ1n) is 3.81. The maximum absolute atomic E-state index is 5.05. The first kappa shape index (κ1) is 7.61. The van der Waals surface area contributed by atoms with Crippen LogP contribution in [0.5, 0.6) is 0 Å². The van der Waals surface area contributed by atoms with Gasteiger partial charge < -0.3 is 9.64 Å². The quantitative estimate of drug-likeness (QED) is 0.586. The minimum Gasteiger partial charge on any atom is -0.379 e. The van der Waals surface area contributed by atoms with Gasteiger partial charge in [0, 0.05) is 25.9 Å². The van der Waals surface area contributed by atoms with Gasteiger partial charge in [-0.3, -0.25) is 0 Å². The van der Waals surface area contributed by atoms with Crippen molar-refractivity contribution < 1.29 is 4.74 Å². The fourth-order valence-electron chi connectivity index (χ4n) is 1.32. The predicted molar refractivity (Wildman–Crippen MR) is 41.8 cm³/mol. The number of hydrogen-bond acceptors (Lipinski definition) is 2. The average molecular weight is 141 g/mol. The van der Waals surface area contributed by atoms with Crippen molar-refractivity contribution in [3.05, 3.63) is 11.8 Å². The zero-order valence-electron chi connectivity index (χ0n) is 6.76. The topological polar surface area (TPSA) is 12.5 Å². The molecule has 0 bridgehead atoms. The Hall–Kier alpha value is -0.500. The van der Waals surface area contributed by atoms with E-state index in [9.17, 15) is 0 Å². The van der Waals surface area contributed by atoms with Crippen LogP contribution in [-0.4, -0.2) is 31.7 Å². The lowest BCUT2D eigenvalue weighted by Gasteiger charge is -2.19. The molecule has 0 saturated heterocycles. The highest BCUT2D eigenvalue weighted by atomic mass is 16.5. The fourth-order valence-corrected chi connectivity index (χ4v) is 1.32. The molecule has 10 heavy (non-hydrogen) atoms. The summed E-state index contributed by atoms with van der Waals surface area (Å²) in [7, 11) is 1.74. The summed E-state index contributed by atoms with van der Waals surface area (Å²) in [5.41, 5.74) is 1.35. The lowest BCUT2D eigenvalue weighted by molar-refractivity contribution is 0.197. The first-order valence-corrected chi connectivity index (χ1v) is 3.81. The molecule has 0 aromatic carbocycles. The van der Waals surface area contributed by atoms with Gasteiger partial charge in [0.25, 0.3) is 0 Å². The molecule has 0 aliphatic carbocycles. The minimum atomic E-state index is 0.772. The van der Waals surface area contributed by atoms with Crippen LogP contribution in [0, 0.1) is 0 Å². The van der Waals surface area contributed by atoms with Crippen LogP contribution in [0.15, 0.2) is 11.8 Å². The number of ether oxygens (including phenoxy) is 1. The van der Waals surface area contributed by atoms with Gasteiger partial charge in [-0.25, -0.2) is 0 Å².